The molecule has 24 heavy (non-hydrogen) atoms. The van der Waals surface area contributed by atoms with Gasteiger partial charge in [-0.15, -0.1) is 0 Å². The lowest BCUT2D eigenvalue weighted by atomic mass is 10.0. The zero-order chi connectivity index (χ0) is 18.1. The summed E-state index contributed by atoms with van der Waals surface area (Å²) in [6.07, 6.45) is 0.630. The van der Waals surface area contributed by atoms with Gasteiger partial charge in [-0.2, -0.15) is 0 Å². The predicted molar refractivity (Wildman–Crippen MR) is 91.4 cm³/mol. The van der Waals surface area contributed by atoms with E-state index in [1.807, 2.05) is 44.2 Å². The second-order valence-corrected chi connectivity index (χ2v) is 6.21. The average Bonchev–Trinajstić information content (AvgIpc) is 2.52. The number of benzene rings is 1. The Kier molecular flexibility index (Phi) is 7.95. The van der Waals surface area contributed by atoms with E-state index in [1.165, 1.54) is 4.90 Å². The third kappa shape index (κ3) is 6.81. The van der Waals surface area contributed by atoms with Crippen LogP contribution >= 0.6 is 0 Å². The summed E-state index contributed by atoms with van der Waals surface area (Å²) in [5.74, 6) is -1.34. The van der Waals surface area contributed by atoms with E-state index in [4.69, 9.17) is 5.11 Å². The number of aliphatic carboxylic acids is 1. The number of carboxylic acid groups (broad SMARTS) is 1. The van der Waals surface area contributed by atoms with E-state index in [0.29, 0.717) is 13.0 Å². The molecule has 2 amide bonds. The molecule has 2 N–H and O–H groups in total. The number of nitrogens with one attached hydrogen (secondary N) is 1. The minimum absolute atomic E-state index is 0.0182. The molecule has 0 bridgehead atoms. The van der Waals surface area contributed by atoms with Crippen LogP contribution in [0, 0.1) is 5.92 Å². The number of carbonyl (C=O) groups excluding carboxylic acids is 2. The highest BCUT2D eigenvalue weighted by Crippen LogP contribution is 2.08. The molecule has 0 spiro atoms. The summed E-state index contributed by atoms with van der Waals surface area (Å²) in [5.41, 5.74) is 0.889. The van der Waals surface area contributed by atoms with Crippen LogP contribution in [0.25, 0.3) is 0 Å². The first-order chi connectivity index (χ1) is 11.3. The molecule has 0 aliphatic heterocycles. The van der Waals surface area contributed by atoms with Gasteiger partial charge < -0.3 is 15.3 Å². The van der Waals surface area contributed by atoms with E-state index in [9.17, 15) is 14.4 Å². The van der Waals surface area contributed by atoms with Gasteiger partial charge in [0.05, 0.1) is 6.42 Å². The van der Waals surface area contributed by atoms with Crippen molar-refractivity contribution in [3.05, 3.63) is 35.9 Å². The highest BCUT2D eigenvalue weighted by Gasteiger charge is 2.26. The molecule has 1 rings (SSSR count). The van der Waals surface area contributed by atoms with Crippen LogP contribution in [0.1, 0.15) is 32.3 Å². The number of carbonyl (C=O) groups is 3. The van der Waals surface area contributed by atoms with Crippen LogP contribution < -0.4 is 5.32 Å². The number of rotatable bonds is 9. The van der Waals surface area contributed by atoms with E-state index >= 15 is 0 Å². The standard InChI is InChI=1S/C18H26N2O4/c1-13(2)17(18(24)20(3)11-7-10-16(22)23)19-15(21)12-14-8-5-4-6-9-14/h4-6,8-9,13,17H,7,10-12H2,1-3H3,(H,19,21)(H,22,23). The van der Waals surface area contributed by atoms with Gasteiger partial charge in [0.25, 0.3) is 0 Å². The Bertz CT molecular complexity index is 557. The lowest BCUT2D eigenvalue weighted by Crippen LogP contribution is -2.50. The normalized spacial score (nSPS) is 11.8. The molecule has 0 saturated heterocycles. The fraction of sp³-hybridized carbons (Fsp3) is 0.500. The zero-order valence-electron chi connectivity index (χ0n) is 14.5. The first-order valence-electron chi connectivity index (χ1n) is 8.11. The van der Waals surface area contributed by atoms with E-state index in [1.54, 1.807) is 7.05 Å². The first-order valence-corrected chi connectivity index (χ1v) is 8.11. The molecule has 0 aliphatic carbocycles. The van der Waals surface area contributed by atoms with E-state index in [-0.39, 0.29) is 30.6 Å². The van der Waals surface area contributed by atoms with E-state index in [0.717, 1.165) is 5.56 Å². The average molecular weight is 334 g/mol. The fourth-order valence-electron chi connectivity index (χ4n) is 2.33. The Hall–Kier alpha value is -2.37. The summed E-state index contributed by atoms with van der Waals surface area (Å²) in [6, 6.07) is 8.73. The molecule has 1 aromatic rings. The zero-order valence-corrected chi connectivity index (χ0v) is 14.5. The van der Waals surface area contributed by atoms with Gasteiger partial charge in [0.2, 0.25) is 11.8 Å². The number of hydrogen-bond acceptors (Lipinski definition) is 3. The van der Waals surface area contributed by atoms with Gasteiger partial charge in [-0.1, -0.05) is 44.2 Å². The van der Waals surface area contributed by atoms with Crippen LogP contribution in [-0.4, -0.2) is 47.4 Å². The molecule has 6 heteroatoms. The summed E-state index contributed by atoms with van der Waals surface area (Å²) in [6.45, 7) is 4.09. The Balaban J connectivity index is 2.60. The number of carboxylic acids is 1. The van der Waals surface area contributed by atoms with Crippen molar-refractivity contribution in [2.75, 3.05) is 13.6 Å². The van der Waals surface area contributed by atoms with Crippen molar-refractivity contribution < 1.29 is 19.5 Å². The maximum absolute atomic E-state index is 12.5. The Morgan fingerprint density at radius 3 is 2.33 bits per heavy atom. The van der Waals surface area contributed by atoms with Crippen molar-refractivity contribution >= 4 is 17.8 Å². The van der Waals surface area contributed by atoms with Crippen LogP contribution in [0.2, 0.25) is 0 Å². The van der Waals surface area contributed by atoms with Gasteiger partial charge >= 0.3 is 5.97 Å². The molecule has 132 valence electrons. The van der Waals surface area contributed by atoms with Gasteiger partial charge in [-0.05, 0) is 17.9 Å². The van der Waals surface area contributed by atoms with Crippen LogP contribution in [-0.2, 0) is 20.8 Å². The maximum Gasteiger partial charge on any atom is 0.303 e. The lowest BCUT2D eigenvalue weighted by Gasteiger charge is -2.27. The summed E-state index contributed by atoms with van der Waals surface area (Å²) < 4.78 is 0. The van der Waals surface area contributed by atoms with Crippen molar-refractivity contribution in [1.82, 2.24) is 10.2 Å². The fourth-order valence-corrected chi connectivity index (χ4v) is 2.33. The summed E-state index contributed by atoms with van der Waals surface area (Å²) in [5, 5.41) is 11.5. The summed E-state index contributed by atoms with van der Waals surface area (Å²) in [4.78, 5) is 36.7. The molecule has 0 aliphatic rings. The quantitative estimate of drug-likeness (QED) is 0.719. The Morgan fingerprint density at radius 2 is 1.79 bits per heavy atom. The molecule has 0 aromatic heterocycles. The number of hydrogen-bond donors (Lipinski definition) is 2. The molecule has 0 heterocycles. The van der Waals surface area contributed by atoms with Crippen molar-refractivity contribution in [3.8, 4) is 0 Å². The van der Waals surface area contributed by atoms with Crippen LogP contribution in [0.15, 0.2) is 30.3 Å². The van der Waals surface area contributed by atoms with Crippen LogP contribution in [0.3, 0.4) is 0 Å². The Morgan fingerprint density at radius 1 is 1.17 bits per heavy atom. The number of nitrogens with zero attached hydrogens (tertiary/aromatic N) is 1. The van der Waals surface area contributed by atoms with Crippen LogP contribution in [0.4, 0.5) is 0 Å². The summed E-state index contributed by atoms with van der Waals surface area (Å²) in [7, 11) is 1.63. The van der Waals surface area contributed by atoms with Gasteiger partial charge in [-0.3, -0.25) is 14.4 Å². The topological polar surface area (TPSA) is 86.7 Å². The largest absolute Gasteiger partial charge is 0.481 e. The molecule has 0 radical (unpaired) electrons. The van der Waals surface area contributed by atoms with Gasteiger partial charge in [0.15, 0.2) is 0 Å². The molecule has 1 unspecified atom stereocenters. The highest BCUT2D eigenvalue weighted by molar-refractivity contribution is 5.88. The third-order valence-corrected chi connectivity index (χ3v) is 3.72. The van der Waals surface area contributed by atoms with Crippen LogP contribution in [0.5, 0.6) is 0 Å². The van der Waals surface area contributed by atoms with Crippen molar-refractivity contribution in [1.29, 1.82) is 0 Å². The third-order valence-electron chi connectivity index (χ3n) is 3.72. The predicted octanol–water partition coefficient (Wildman–Crippen LogP) is 1.69. The van der Waals surface area contributed by atoms with Crippen molar-refractivity contribution in [2.45, 2.75) is 39.2 Å². The van der Waals surface area contributed by atoms with Crippen molar-refractivity contribution in [2.24, 2.45) is 5.92 Å². The van der Waals surface area contributed by atoms with E-state index in [2.05, 4.69) is 5.32 Å². The molecule has 1 atom stereocenters. The van der Waals surface area contributed by atoms with E-state index < -0.39 is 12.0 Å². The minimum atomic E-state index is -0.882. The van der Waals surface area contributed by atoms with Crippen molar-refractivity contribution in [3.63, 3.8) is 0 Å². The number of likely N-dealkylation sites (N-methyl/N-ethyl adjacent to an activating group) is 1. The molecule has 6 nitrogen and oxygen atoms in total. The van der Waals surface area contributed by atoms with Gasteiger partial charge in [-0.25, -0.2) is 0 Å². The smallest absolute Gasteiger partial charge is 0.303 e. The lowest BCUT2D eigenvalue weighted by molar-refractivity contribution is -0.139. The second-order valence-electron chi connectivity index (χ2n) is 6.21. The number of amides is 2. The molecular weight excluding hydrogens is 308 g/mol. The van der Waals surface area contributed by atoms with Gasteiger partial charge in [0.1, 0.15) is 6.04 Å². The molecule has 0 saturated carbocycles. The molecular formula is C18H26N2O4. The summed E-state index contributed by atoms with van der Waals surface area (Å²) >= 11 is 0. The monoisotopic (exact) mass is 334 g/mol. The molecule has 1 aromatic carbocycles. The molecule has 0 fully saturated rings. The minimum Gasteiger partial charge on any atom is -0.481 e. The van der Waals surface area contributed by atoms with Gasteiger partial charge in [0, 0.05) is 20.0 Å². The maximum atomic E-state index is 12.5. The highest BCUT2D eigenvalue weighted by atomic mass is 16.4. The SMILES string of the molecule is CC(C)C(NC(=O)Cc1ccccc1)C(=O)N(C)CCCC(=O)O. The first kappa shape index (κ1) is 19.7. The second kappa shape index (κ2) is 9.70. The Labute approximate surface area is 142 Å².